The maximum absolute atomic E-state index is 12.2. The van der Waals surface area contributed by atoms with E-state index in [1.165, 1.54) is 4.31 Å². The highest BCUT2D eigenvalue weighted by Gasteiger charge is 2.29. The molecule has 0 bridgehead atoms. The average Bonchev–Trinajstić information content (AvgIpc) is 3.06. The summed E-state index contributed by atoms with van der Waals surface area (Å²) >= 11 is 0. The Labute approximate surface area is 125 Å². The Balaban J connectivity index is 1.96. The predicted octanol–water partition coefficient (Wildman–Crippen LogP) is 0.241. The van der Waals surface area contributed by atoms with E-state index in [4.69, 9.17) is 0 Å². The number of rotatable bonds is 6. The molecule has 0 radical (unpaired) electrons. The van der Waals surface area contributed by atoms with E-state index in [2.05, 4.69) is 19.9 Å². The first-order valence-electron chi connectivity index (χ1n) is 7.07. The summed E-state index contributed by atoms with van der Waals surface area (Å²) in [6, 6.07) is 0.0733. The smallest absolute Gasteiger partial charge is 0.279 e. The van der Waals surface area contributed by atoms with E-state index < -0.39 is 15.8 Å². The second kappa shape index (κ2) is 5.99. The zero-order valence-corrected chi connectivity index (χ0v) is 13.4. The largest absolute Gasteiger partial charge is 0.382 e. The number of aromatic nitrogens is 3. The summed E-state index contributed by atoms with van der Waals surface area (Å²) in [5.41, 5.74) is -1.16. The van der Waals surface area contributed by atoms with Gasteiger partial charge in [0.15, 0.2) is 5.82 Å². The Hall–Kier alpha value is -1.03. The van der Waals surface area contributed by atoms with Crippen molar-refractivity contribution in [1.29, 1.82) is 0 Å². The summed E-state index contributed by atoms with van der Waals surface area (Å²) < 4.78 is 28.3. The minimum atomic E-state index is -3.54. The van der Waals surface area contributed by atoms with Gasteiger partial charge in [0.25, 0.3) is 10.2 Å². The number of nitrogens with zero attached hydrogens (tertiary/aromatic N) is 3. The highest BCUT2D eigenvalue weighted by atomic mass is 32.2. The number of H-pyrrole nitrogens is 1. The van der Waals surface area contributed by atoms with E-state index in [-0.39, 0.29) is 18.4 Å². The molecule has 1 aliphatic carbocycles. The Morgan fingerprint density at radius 2 is 2.05 bits per heavy atom. The van der Waals surface area contributed by atoms with E-state index in [1.807, 2.05) is 0 Å². The minimum Gasteiger partial charge on any atom is -0.382 e. The summed E-state index contributed by atoms with van der Waals surface area (Å²) in [7, 11) is -1.94. The first kappa shape index (κ1) is 16.3. The molecule has 0 aromatic carbocycles. The van der Waals surface area contributed by atoms with Gasteiger partial charge in [-0.25, -0.2) is 4.98 Å². The molecule has 9 heteroatoms. The summed E-state index contributed by atoms with van der Waals surface area (Å²) in [5.74, 6) is 0.608. The number of hydrogen-bond acceptors (Lipinski definition) is 5. The van der Waals surface area contributed by atoms with Gasteiger partial charge in [-0.1, -0.05) is 12.8 Å². The van der Waals surface area contributed by atoms with Gasteiger partial charge in [-0.15, -0.1) is 0 Å². The Morgan fingerprint density at radius 1 is 1.43 bits per heavy atom. The maximum atomic E-state index is 12.2. The van der Waals surface area contributed by atoms with Crippen LogP contribution < -0.4 is 4.72 Å². The summed E-state index contributed by atoms with van der Waals surface area (Å²) in [5, 5.41) is 16.3. The van der Waals surface area contributed by atoms with Crippen LogP contribution in [0.25, 0.3) is 0 Å². The van der Waals surface area contributed by atoms with Gasteiger partial charge in [0.05, 0.1) is 6.54 Å². The number of aromatic amines is 1. The van der Waals surface area contributed by atoms with Gasteiger partial charge in [-0.3, -0.25) is 5.10 Å². The third-order valence-corrected chi connectivity index (χ3v) is 5.28. The third-order valence-electron chi connectivity index (χ3n) is 3.72. The average molecular weight is 317 g/mol. The zero-order valence-electron chi connectivity index (χ0n) is 12.6. The second-order valence-corrected chi connectivity index (χ2v) is 7.76. The van der Waals surface area contributed by atoms with Gasteiger partial charge in [0.2, 0.25) is 0 Å². The molecule has 21 heavy (non-hydrogen) atoms. The molecule has 1 saturated carbocycles. The van der Waals surface area contributed by atoms with Crippen LogP contribution in [0.15, 0.2) is 0 Å². The molecule has 1 aromatic heterocycles. The Kier molecular flexibility index (Phi) is 4.66. The van der Waals surface area contributed by atoms with Gasteiger partial charge in [-0.2, -0.15) is 22.5 Å². The van der Waals surface area contributed by atoms with E-state index in [0.29, 0.717) is 5.82 Å². The van der Waals surface area contributed by atoms with Crippen molar-refractivity contribution in [3.8, 4) is 0 Å². The first-order valence-corrected chi connectivity index (χ1v) is 8.51. The molecule has 8 nitrogen and oxygen atoms in total. The van der Waals surface area contributed by atoms with Crippen LogP contribution in [0.2, 0.25) is 0 Å². The Morgan fingerprint density at radius 3 is 2.57 bits per heavy atom. The lowest BCUT2D eigenvalue weighted by molar-refractivity contribution is 0.0690. The summed E-state index contributed by atoms with van der Waals surface area (Å²) in [6.45, 7) is 3.15. The fourth-order valence-electron chi connectivity index (χ4n) is 2.37. The number of nitrogens with one attached hydrogen (secondary N) is 2. The molecule has 120 valence electrons. The normalized spacial score (nSPS) is 17.8. The predicted molar refractivity (Wildman–Crippen MR) is 77.4 cm³/mol. The maximum Gasteiger partial charge on any atom is 0.279 e. The molecule has 1 fully saturated rings. The lowest BCUT2D eigenvalue weighted by Crippen LogP contribution is -2.43. The molecule has 0 unspecified atom stereocenters. The van der Waals surface area contributed by atoms with Crippen molar-refractivity contribution < 1.29 is 13.5 Å². The van der Waals surface area contributed by atoms with Gasteiger partial charge >= 0.3 is 0 Å². The van der Waals surface area contributed by atoms with E-state index in [9.17, 15) is 13.5 Å². The molecule has 0 amide bonds. The second-order valence-electron chi connectivity index (χ2n) is 5.95. The fourth-order valence-corrected chi connectivity index (χ4v) is 3.50. The van der Waals surface area contributed by atoms with Gasteiger partial charge in [0.1, 0.15) is 11.4 Å². The van der Waals surface area contributed by atoms with E-state index in [1.54, 1.807) is 20.9 Å². The van der Waals surface area contributed by atoms with Crippen LogP contribution in [-0.4, -0.2) is 46.1 Å². The van der Waals surface area contributed by atoms with Gasteiger partial charge in [0, 0.05) is 13.1 Å². The van der Waals surface area contributed by atoms with Crippen LogP contribution in [0.4, 0.5) is 0 Å². The van der Waals surface area contributed by atoms with Crippen LogP contribution >= 0.6 is 0 Å². The first-order chi connectivity index (χ1) is 9.70. The Bertz CT molecular complexity index is 572. The van der Waals surface area contributed by atoms with Crippen LogP contribution in [0.5, 0.6) is 0 Å². The molecule has 3 N–H and O–H groups in total. The molecular weight excluding hydrogens is 294 g/mol. The highest BCUT2D eigenvalue weighted by Crippen LogP contribution is 2.23. The van der Waals surface area contributed by atoms with E-state index in [0.717, 1.165) is 25.7 Å². The van der Waals surface area contributed by atoms with Gasteiger partial charge in [-0.05, 0) is 26.7 Å². The number of aliphatic hydroxyl groups is 1. The van der Waals surface area contributed by atoms with Crippen LogP contribution in [0.3, 0.4) is 0 Å². The fraction of sp³-hybridized carbons (Fsp3) is 0.833. The molecule has 2 rings (SSSR count). The minimum absolute atomic E-state index is 0.0163. The van der Waals surface area contributed by atoms with Crippen molar-refractivity contribution in [3.05, 3.63) is 11.6 Å². The summed E-state index contributed by atoms with van der Waals surface area (Å²) in [6.07, 6.45) is 3.95. The standard InChI is InChI=1S/C12H23N5O3S/c1-12(2,18)11-14-10(15-16-11)8-13-21(19,20)17(3)9-6-4-5-7-9/h9,13,18H,4-8H2,1-3H3,(H,14,15,16). The van der Waals surface area contributed by atoms with Crippen LogP contribution in [0, 0.1) is 0 Å². The van der Waals surface area contributed by atoms with Crippen molar-refractivity contribution in [2.24, 2.45) is 0 Å². The molecule has 0 aliphatic heterocycles. The lowest BCUT2D eigenvalue weighted by atomic mass is 10.1. The monoisotopic (exact) mass is 317 g/mol. The van der Waals surface area contributed by atoms with Crippen molar-refractivity contribution in [2.75, 3.05) is 7.05 Å². The van der Waals surface area contributed by atoms with Gasteiger partial charge < -0.3 is 5.11 Å². The number of hydrogen-bond donors (Lipinski definition) is 3. The molecule has 0 atom stereocenters. The highest BCUT2D eigenvalue weighted by molar-refractivity contribution is 7.87. The lowest BCUT2D eigenvalue weighted by Gasteiger charge is -2.23. The molecule has 1 aromatic rings. The quantitative estimate of drug-likeness (QED) is 0.696. The van der Waals surface area contributed by atoms with Crippen molar-refractivity contribution in [1.82, 2.24) is 24.2 Å². The van der Waals surface area contributed by atoms with Crippen molar-refractivity contribution in [3.63, 3.8) is 0 Å². The SMILES string of the molecule is CN(C1CCCC1)S(=O)(=O)NCc1nc(C(C)(C)O)n[nH]1. The van der Waals surface area contributed by atoms with Crippen molar-refractivity contribution in [2.45, 2.75) is 57.7 Å². The molecule has 1 aliphatic rings. The third kappa shape index (κ3) is 4.00. The summed E-state index contributed by atoms with van der Waals surface area (Å²) in [4.78, 5) is 4.08. The van der Waals surface area contributed by atoms with Crippen LogP contribution in [0.1, 0.15) is 51.2 Å². The van der Waals surface area contributed by atoms with Crippen LogP contribution in [-0.2, 0) is 22.4 Å². The molecule has 1 heterocycles. The molecule has 0 saturated heterocycles. The molecular formula is C12H23N5O3S. The molecule has 0 spiro atoms. The zero-order chi connectivity index (χ0) is 15.7. The van der Waals surface area contributed by atoms with Crippen molar-refractivity contribution >= 4 is 10.2 Å². The topological polar surface area (TPSA) is 111 Å². The van der Waals surface area contributed by atoms with E-state index >= 15 is 0 Å².